The van der Waals surface area contributed by atoms with Crippen molar-refractivity contribution in [3.63, 3.8) is 0 Å². The van der Waals surface area contributed by atoms with E-state index in [0.29, 0.717) is 18.9 Å². The van der Waals surface area contributed by atoms with E-state index in [-0.39, 0.29) is 5.91 Å². The molecule has 1 N–H and O–H groups in total. The summed E-state index contributed by atoms with van der Waals surface area (Å²) in [6, 6.07) is 27.9. The summed E-state index contributed by atoms with van der Waals surface area (Å²) >= 11 is 0. The van der Waals surface area contributed by atoms with E-state index < -0.39 is 6.10 Å². The van der Waals surface area contributed by atoms with Gasteiger partial charge in [-0.05, 0) is 41.3 Å². The zero-order valence-corrected chi connectivity index (χ0v) is 16.3. The van der Waals surface area contributed by atoms with Crippen molar-refractivity contribution < 1.29 is 14.3 Å². The van der Waals surface area contributed by atoms with Crippen LogP contribution >= 0.6 is 0 Å². The lowest BCUT2D eigenvalue weighted by atomic mass is 10.1. The van der Waals surface area contributed by atoms with Gasteiger partial charge >= 0.3 is 0 Å². The Labute approximate surface area is 170 Å². The van der Waals surface area contributed by atoms with Crippen LogP contribution in [0, 0.1) is 0 Å². The second-order valence-corrected chi connectivity index (χ2v) is 6.89. The zero-order chi connectivity index (χ0) is 20.1. The molecule has 0 bridgehead atoms. The van der Waals surface area contributed by atoms with E-state index in [0.717, 1.165) is 21.9 Å². The van der Waals surface area contributed by atoms with Crippen LogP contribution in [0.5, 0.6) is 11.5 Å². The molecule has 4 rings (SSSR count). The van der Waals surface area contributed by atoms with Crippen LogP contribution in [0.15, 0.2) is 84.9 Å². The molecule has 0 fully saturated rings. The number of hydrogen-bond donors (Lipinski definition) is 1. The lowest BCUT2D eigenvalue weighted by molar-refractivity contribution is -0.127. The first kappa shape index (κ1) is 18.8. The van der Waals surface area contributed by atoms with Crippen LogP contribution in [-0.4, -0.2) is 25.2 Å². The van der Waals surface area contributed by atoms with Gasteiger partial charge in [-0.2, -0.15) is 0 Å². The van der Waals surface area contributed by atoms with Crippen molar-refractivity contribution >= 4 is 27.5 Å². The van der Waals surface area contributed by atoms with Crippen molar-refractivity contribution in [2.75, 3.05) is 13.2 Å². The van der Waals surface area contributed by atoms with E-state index in [4.69, 9.17) is 9.47 Å². The van der Waals surface area contributed by atoms with Crippen molar-refractivity contribution in [3.05, 3.63) is 84.9 Å². The second kappa shape index (κ2) is 8.65. The molecule has 1 amide bonds. The highest BCUT2D eigenvalue weighted by Gasteiger charge is 2.15. The average Bonchev–Trinajstić information content (AvgIpc) is 2.76. The summed E-state index contributed by atoms with van der Waals surface area (Å²) in [7, 11) is 0. The smallest absolute Gasteiger partial charge is 0.260 e. The monoisotopic (exact) mass is 385 g/mol. The summed E-state index contributed by atoms with van der Waals surface area (Å²) in [4.78, 5) is 12.4. The molecule has 146 valence electrons. The van der Waals surface area contributed by atoms with Crippen LogP contribution < -0.4 is 14.8 Å². The lowest BCUT2D eigenvalue weighted by Crippen LogP contribution is -2.38. The van der Waals surface area contributed by atoms with Crippen LogP contribution in [0.3, 0.4) is 0 Å². The Hall–Kier alpha value is -3.53. The number of nitrogens with one attached hydrogen (secondary N) is 1. The van der Waals surface area contributed by atoms with Gasteiger partial charge in [-0.15, -0.1) is 0 Å². The molecular formula is C25H23NO3. The van der Waals surface area contributed by atoms with Crippen LogP contribution in [0.2, 0.25) is 0 Å². The van der Waals surface area contributed by atoms with Crippen LogP contribution in [0.25, 0.3) is 21.5 Å². The van der Waals surface area contributed by atoms with Crippen LogP contribution in [0.4, 0.5) is 0 Å². The molecule has 29 heavy (non-hydrogen) atoms. The van der Waals surface area contributed by atoms with E-state index in [9.17, 15) is 4.79 Å². The Balaban J connectivity index is 1.28. The fraction of sp³-hybridized carbons (Fsp3) is 0.160. The van der Waals surface area contributed by atoms with Gasteiger partial charge in [0.05, 0.1) is 6.54 Å². The van der Waals surface area contributed by atoms with E-state index in [2.05, 4.69) is 17.4 Å². The number of rotatable bonds is 7. The topological polar surface area (TPSA) is 47.6 Å². The Morgan fingerprint density at radius 3 is 2.45 bits per heavy atom. The van der Waals surface area contributed by atoms with Gasteiger partial charge in [0.25, 0.3) is 5.91 Å². The Morgan fingerprint density at radius 1 is 0.862 bits per heavy atom. The van der Waals surface area contributed by atoms with Gasteiger partial charge in [-0.25, -0.2) is 0 Å². The molecule has 0 spiro atoms. The number of fused-ring (bicyclic) bond motifs is 2. The average molecular weight is 385 g/mol. The first-order valence-corrected chi connectivity index (χ1v) is 9.74. The van der Waals surface area contributed by atoms with Crippen LogP contribution in [0.1, 0.15) is 6.92 Å². The Morgan fingerprint density at radius 2 is 1.59 bits per heavy atom. The van der Waals surface area contributed by atoms with Gasteiger partial charge in [0, 0.05) is 5.39 Å². The molecule has 0 saturated carbocycles. The minimum atomic E-state index is -0.596. The van der Waals surface area contributed by atoms with Gasteiger partial charge in [-0.1, -0.05) is 66.7 Å². The zero-order valence-electron chi connectivity index (χ0n) is 16.3. The minimum absolute atomic E-state index is 0.167. The fourth-order valence-corrected chi connectivity index (χ4v) is 3.29. The third-order valence-corrected chi connectivity index (χ3v) is 4.81. The lowest BCUT2D eigenvalue weighted by Gasteiger charge is -2.16. The predicted octanol–water partition coefficient (Wildman–Crippen LogP) is 4.96. The highest BCUT2D eigenvalue weighted by Crippen LogP contribution is 2.26. The molecule has 0 aromatic heterocycles. The molecule has 1 atom stereocenters. The highest BCUT2D eigenvalue weighted by molar-refractivity contribution is 5.89. The van der Waals surface area contributed by atoms with Gasteiger partial charge in [0.2, 0.25) is 0 Å². The summed E-state index contributed by atoms with van der Waals surface area (Å²) in [5, 5.41) is 7.25. The van der Waals surface area contributed by atoms with Crippen molar-refractivity contribution in [2.45, 2.75) is 13.0 Å². The van der Waals surface area contributed by atoms with Gasteiger partial charge in [0.15, 0.2) is 6.10 Å². The van der Waals surface area contributed by atoms with Crippen molar-refractivity contribution in [1.82, 2.24) is 5.32 Å². The second-order valence-electron chi connectivity index (χ2n) is 6.89. The molecule has 0 heterocycles. The maximum absolute atomic E-state index is 12.4. The number of amides is 1. The Kier molecular flexibility index (Phi) is 5.61. The van der Waals surface area contributed by atoms with E-state index in [1.165, 1.54) is 5.39 Å². The number of benzene rings is 4. The maximum atomic E-state index is 12.4. The summed E-state index contributed by atoms with van der Waals surface area (Å²) < 4.78 is 11.7. The molecule has 4 aromatic carbocycles. The summed E-state index contributed by atoms with van der Waals surface area (Å²) in [6.45, 7) is 2.56. The molecule has 0 unspecified atom stereocenters. The van der Waals surface area contributed by atoms with Crippen molar-refractivity contribution in [1.29, 1.82) is 0 Å². The highest BCUT2D eigenvalue weighted by atomic mass is 16.5. The fourth-order valence-electron chi connectivity index (χ4n) is 3.29. The normalized spacial score (nSPS) is 11.9. The number of ether oxygens (including phenoxy) is 2. The molecular weight excluding hydrogens is 362 g/mol. The Bertz CT molecular complexity index is 1130. The van der Waals surface area contributed by atoms with E-state index in [1.807, 2.05) is 72.8 Å². The molecule has 0 aliphatic carbocycles. The largest absolute Gasteiger partial charge is 0.492 e. The molecule has 0 aliphatic rings. The van der Waals surface area contributed by atoms with Gasteiger partial charge in [0.1, 0.15) is 18.1 Å². The first-order chi connectivity index (χ1) is 14.2. The first-order valence-electron chi connectivity index (χ1n) is 9.74. The minimum Gasteiger partial charge on any atom is -0.492 e. The maximum Gasteiger partial charge on any atom is 0.260 e. The van der Waals surface area contributed by atoms with Crippen molar-refractivity contribution in [3.8, 4) is 11.5 Å². The van der Waals surface area contributed by atoms with Gasteiger partial charge in [-0.3, -0.25) is 4.79 Å². The molecule has 4 heteroatoms. The molecule has 0 saturated heterocycles. The molecule has 0 radical (unpaired) electrons. The SMILES string of the molecule is C[C@H](Oc1cccc2ccccc12)C(=O)NCCOc1ccc2ccccc2c1. The number of carbonyl (C=O) groups excluding carboxylic acids is 1. The summed E-state index contributed by atoms with van der Waals surface area (Å²) in [5.41, 5.74) is 0. The van der Waals surface area contributed by atoms with E-state index in [1.54, 1.807) is 6.92 Å². The number of hydrogen-bond acceptors (Lipinski definition) is 3. The summed E-state index contributed by atoms with van der Waals surface area (Å²) in [5.74, 6) is 1.33. The molecule has 4 nitrogen and oxygen atoms in total. The molecule has 4 aromatic rings. The third kappa shape index (κ3) is 4.49. The number of carbonyl (C=O) groups is 1. The van der Waals surface area contributed by atoms with Crippen molar-refractivity contribution in [2.24, 2.45) is 0 Å². The summed E-state index contributed by atoms with van der Waals surface area (Å²) in [6.07, 6.45) is -0.596. The predicted molar refractivity (Wildman–Crippen MR) is 116 cm³/mol. The van der Waals surface area contributed by atoms with E-state index >= 15 is 0 Å². The third-order valence-electron chi connectivity index (χ3n) is 4.81. The van der Waals surface area contributed by atoms with Gasteiger partial charge < -0.3 is 14.8 Å². The quantitative estimate of drug-likeness (QED) is 0.458. The standard InChI is InChI=1S/C25H23NO3/c1-18(29-24-12-6-10-20-8-4-5-11-23(20)24)25(27)26-15-16-28-22-14-13-19-7-2-3-9-21(19)17-22/h2-14,17-18H,15-16H2,1H3,(H,26,27)/t18-/m0/s1. The van der Waals surface area contributed by atoms with Crippen LogP contribution in [-0.2, 0) is 4.79 Å². The molecule has 0 aliphatic heterocycles.